The van der Waals surface area contributed by atoms with Crippen molar-refractivity contribution in [2.45, 2.75) is 53.2 Å². The lowest BCUT2D eigenvalue weighted by molar-refractivity contribution is -0.128. The third kappa shape index (κ3) is 6.02. The number of ether oxygens (including phenoxy) is 2. The molecule has 2 aromatic carbocycles. The molecule has 146 valence electrons. The summed E-state index contributed by atoms with van der Waals surface area (Å²) in [5.41, 5.74) is 3.27. The van der Waals surface area contributed by atoms with Gasteiger partial charge in [-0.05, 0) is 62.4 Å². The summed E-state index contributed by atoms with van der Waals surface area (Å²) in [6.07, 6.45) is 0.285. The van der Waals surface area contributed by atoms with Crippen LogP contribution in [0.15, 0.2) is 42.5 Å². The van der Waals surface area contributed by atoms with Crippen molar-refractivity contribution in [3.05, 3.63) is 59.2 Å². The summed E-state index contributed by atoms with van der Waals surface area (Å²) >= 11 is 0. The van der Waals surface area contributed by atoms with E-state index in [0.29, 0.717) is 5.92 Å². The zero-order valence-corrected chi connectivity index (χ0v) is 17.2. The molecule has 0 heterocycles. The molecule has 0 unspecified atom stereocenters. The smallest absolute Gasteiger partial charge is 0.261 e. The minimum Gasteiger partial charge on any atom is -0.497 e. The van der Waals surface area contributed by atoms with Crippen LogP contribution < -0.4 is 14.8 Å². The fraction of sp³-hybridized carbons (Fsp3) is 0.435. The molecule has 0 aliphatic rings. The lowest BCUT2D eigenvalue weighted by atomic mass is 9.96. The molecule has 4 heteroatoms. The summed E-state index contributed by atoms with van der Waals surface area (Å²) in [5, 5.41) is 3.15. The number of carbonyl (C=O) groups is 1. The van der Waals surface area contributed by atoms with Gasteiger partial charge in [-0.2, -0.15) is 0 Å². The van der Waals surface area contributed by atoms with E-state index in [2.05, 4.69) is 25.2 Å². The van der Waals surface area contributed by atoms with E-state index in [9.17, 15) is 4.79 Å². The van der Waals surface area contributed by atoms with Gasteiger partial charge in [-0.1, -0.05) is 43.7 Å². The van der Waals surface area contributed by atoms with Crippen molar-refractivity contribution in [2.24, 2.45) is 5.92 Å². The third-order valence-corrected chi connectivity index (χ3v) is 4.55. The first-order valence-corrected chi connectivity index (χ1v) is 9.48. The van der Waals surface area contributed by atoms with Crippen LogP contribution in [-0.2, 0) is 4.79 Å². The molecule has 2 rings (SSSR count). The third-order valence-electron chi connectivity index (χ3n) is 4.55. The normalized spacial score (nSPS) is 13.1. The van der Waals surface area contributed by atoms with Crippen molar-refractivity contribution in [2.75, 3.05) is 7.11 Å². The first-order valence-electron chi connectivity index (χ1n) is 9.48. The number of carbonyl (C=O) groups excluding carboxylic acids is 1. The molecule has 1 N–H and O–H groups in total. The fourth-order valence-electron chi connectivity index (χ4n) is 3.05. The molecule has 0 bridgehead atoms. The Morgan fingerprint density at radius 1 is 1.04 bits per heavy atom. The topological polar surface area (TPSA) is 47.6 Å². The van der Waals surface area contributed by atoms with Gasteiger partial charge in [-0.15, -0.1) is 0 Å². The summed E-state index contributed by atoms with van der Waals surface area (Å²) in [4.78, 5) is 12.8. The number of rotatable bonds is 8. The monoisotopic (exact) mass is 369 g/mol. The first kappa shape index (κ1) is 20.8. The van der Waals surface area contributed by atoms with Crippen LogP contribution in [-0.4, -0.2) is 19.1 Å². The van der Waals surface area contributed by atoms with E-state index < -0.39 is 6.10 Å². The van der Waals surface area contributed by atoms with Gasteiger partial charge in [-0.25, -0.2) is 0 Å². The van der Waals surface area contributed by atoms with E-state index in [1.54, 1.807) is 14.0 Å². The Hall–Kier alpha value is -2.49. The molecule has 4 nitrogen and oxygen atoms in total. The molecule has 0 aliphatic carbocycles. The molecule has 2 aromatic rings. The van der Waals surface area contributed by atoms with Crippen LogP contribution in [0.2, 0.25) is 0 Å². The lowest BCUT2D eigenvalue weighted by Crippen LogP contribution is -2.39. The largest absolute Gasteiger partial charge is 0.497 e. The average Bonchev–Trinajstić information content (AvgIpc) is 2.63. The van der Waals surface area contributed by atoms with Crippen LogP contribution in [0, 0.1) is 19.8 Å². The van der Waals surface area contributed by atoms with Crippen LogP contribution in [0.25, 0.3) is 0 Å². The summed E-state index contributed by atoms with van der Waals surface area (Å²) in [6.45, 7) is 10.1. The molecular weight excluding hydrogens is 338 g/mol. The lowest BCUT2D eigenvalue weighted by Gasteiger charge is -2.24. The summed E-state index contributed by atoms with van der Waals surface area (Å²) < 4.78 is 11.1. The van der Waals surface area contributed by atoms with Gasteiger partial charge in [0.2, 0.25) is 0 Å². The van der Waals surface area contributed by atoms with Crippen LogP contribution in [0.5, 0.6) is 11.5 Å². The van der Waals surface area contributed by atoms with Gasteiger partial charge in [0.1, 0.15) is 11.5 Å². The molecule has 0 radical (unpaired) electrons. The maximum absolute atomic E-state index is 12.8. The number of hydrogen-bond donors (Lipinski definition) is 1. The Morgan fingerprint density at radius 2 is 1.70 bits per heavy atom. The van der Waals surface area contributed by atoms with Gasteiger partial charge in [0.05, 0.1) is 13.2 Å². The molecule has 2 atom stereocenters. The quantitative estimate of drug-likeness (QED) is 0.714. The SMILES string of the molecule is COc1ccc([C@H](CC(C)C)NC(=O)[C@@H](C)Oc2ccc(C)cc2C)cc1. The molecular formula is C23H31NO3. The number of benzene rings is 2. The highest BCUT2D eigenvalue weighted by Crippen LogP contribution is 2.25. The van der Waals surface area contributed by atoms with E-state index in [0.717, 1.165) is 29.0 Å². The molecule has 0 fully saturated rings. The minimum atomic E-state index is -0.570. The van der Waals surface area contributed by atoms with E-state index in [-0.39, 0.29) is 11.9 Å². The Morgan fingerprint density at radius 3 is 2.26 bits per heavy atom. The van der Waals surface area contributed by atoms with Crippen LogP contribution in [0.4, 0.5) is 0 Å². The molecule has 27 heavy (non-hydrogen) atoms. The van der Waals surface area contributed by atoms with Crippen molar-refractivity contribution in [1.82, 2.24) is 5.32 Å². The zero-order chi connectivity index (χ0) is 20.0. The number of amides is 1. The zero-order valence-electron chi connectivity index (χ0n) is 17.2. The number of aryl methyl sites for hydroxylation is 2. The Balaban J connectivity index is 2.09. The maximum atomic E-state index is 12.8. The number of hydrogen-bond acceptors (Lipinski definition) is 3. The van der Waals surface area contributed by atoms with Crippen molar-refractivity contribution in [3.63, 3.8) is 0 Å². The average molecular weight is 370 g/mol. The Kier molecular flexibility index (Phi) is 7.28. The fourth-order valence-corrected chi connectivity index (χ4v) is 3.05. The highest BCUT2D eigenvalue weighted by Gasteiger charge is 2.21. The van der Waals surface area contributed by atoms with Crippen LogP contribution in [0.3, 0.4) is 0 Å². The van der Waals surface area contributed by atoms with E-state index >= 15 is 0 Å². The molecule has 0 saturated heterocycles. The van der Waals surface area contributed by atoms with Gasteiger partial charge in [0.15, 0.2) is 6.10 Å². The van der Waals surface area contributed by atoms with E-state index in [1.165, 1.54) is 5.56 Å². The molecule has 1 amide bonds. The standard InChI is InChI=1S/C23H31NO3/c1-15(2)13-21(19-8-10-20(26-6)11-9-19)24-23(25)18(5)27-22-12-7-16(3)14-17(22)4/h7-12,14-15,18,21H,13H2,1-6H3,(H,24,25)/t18-,21+/m1/s1. The van der Waals surface area contributed by atoms with Crippen molar-refractivity contribution < 1.29 is 14.3 Å². The molecule has 0 aromatic heterocycles. The number of methoxy groups -OCH3 is 1. The van der Waals surface area contributed by atoms with Crippen LogP contribution >= 0.6 is 0 Å². The summed E-state index contributed by atoms with van der Waals surface area (Å²) in [7, 11) is 1.65. The highest BCUT2D eigenvalue weighted by molar-refractivity contribution is 5.81. The molecule has 0 spiro atoms. The summed E-state index contributed by atoms with van der Waals surface area (Å²) in [5.74, 6) is 1.89. The van der Waals surface area contributed by atoms with Crippen molar-refractivity contribution in [3.8, 4) is 11.5 Å². The molecule has 0 aliphatic heterocycles. The predicted octanol–water partition coefficient (Wildman–Crippen LogP) is 4.98. The van der Waals surface area contributed by atoms with E-state index in [4.69, 9.17) is 9.47 Å². The molecule has 0 saturated carbocycles. The maximum Gasteiger partial charge on any atom is 0.261 e. The Bertz CT molecular complexity index is 753. The predicted molar refractivity (Wildman–Crippen MR) is 109 cm³/mol. The number of nitrogens with one attached hydrogen (secondary N) is 1. The van der Waals surface area contributed by atoms with Gasteiger partial charge in [0, 0.05) is 0 Å². The van der Waals surface area contributed by atoms with Gasteiger partial charge in [0.25, 0.3) is 5.91 Å². The summed E-state index contributed by atoms with van der Waals surface area (Å²) in [6, 6.07) is 13.8. The van der Waals surface area contributed by atoms with Crippen molar-refractivity contribution >= 4 is 5.91 Å². The van der Waals surface area contributed by atoms with Gasteiger partial charge >= 0.3 is 0 Å². The first-order chi connectivity index (χ1) is 12.8. The second kappa shape index (κ2) is 9.45. The van der Waals surface area contributed by atoms with Gasteiger partial charge in [-0.3, -0.25) is 4.79 Å². The van der Waals surface area contributed by atoms with Crippen LogP contribution in [0.1, 0.15) is 49.9 Å². The van der Waals surface area contributed by atoms with Gasteiger partial charge < -0.3 is 14.8 Å². The second-order valence-corrected chi connectivity index (χ2v) is 7.49. The highest BCUT2D eigenvalue weighted by atomic mass is 16.5. The van der Waals surface area contributed by atoms with Crippen molar-refractivity contribution in [1.29, 1.82) is 0 Å². The Labute approximate surface area is 162 Å². The second-order valence-electron chi connectivity index (χ2n) is 7.49. The van der Waals surface area contributed by atoms with E-state index in [1.807, 2.05) is 50.2 Å². The minimum absolute atomic E-state index is 0.0615.